The molecule has 5 atom stereocenters. The van der Waals surface area contributed by atoms with Crippen LogP contribution in [0.4, 0.5) is 5.95 Å². The Balaban J connectivity index is 1.53. The van der Waals surface area contributed by atoms with E-state index in [1.54, 1.807) is 34.9 Å². The summed E-state index contributed by atoms with van der Waals surface area (Å²) in [6.07, 6.45) is 5.82. The molecule has 38 heavy (non-hydrogen) atoms. The highest BCUT2D eigenvalue weighted by Crippen LogP contribution is 2.48. The molecule has 2 aromatic heterocycles. The third kappa shape index (κ3) is 5.79. The minimum Gasteiger partial charge on any atom is -0.451 e. The lowest BCUT2D eigenvalue weighted by atomic mass is 10.0. The first-order valence-electron chi connectivity index (χ1n) is 11.6. The van der Waals surface area contributed by atoms with Crippen molar-refractivity contribution in [3.05, 3.63) is 59.2 Å². The van der Waals surface area contributed by atoms with E-state index in [4.69, 9.17) is 25.9 Å². The zero-order chi connectivity index (χ0) is 27.4. The third-order valence-electron chi connectivity index (χ3n) is 6.02. The van der Waals surface area contributed by atoms with Crippen molar-refractivity contribution in [3.8, 4) is 18.1 Å². The number of hydrogen-bond donors (Lipinski definition) is 4. The number of nitrogens with zero attached hydrogens (tertiary/aromatic N) is 3. The number of aromatic nitrogens is 4. The van der Waals surface area contributed by atoms with Gasteiger partial charge in [-0.05, 0) is 31.1 Å². The third-order valence-corrected chi connectivity index (χ3v) is 7.66. The maximum atomic E-state index is 13.7. The van der Waals surface area contributed by atoms with E-state index in [1.165, 1.54) is 13.3 Å². The van der Waals surface area contributed by atoms with Crippen molar-refractivity contribution in [2.45, 2.75) is 31.5 Å². The molecule has 0 saturated heterocycles. The summed E-state index contributed by atoms with van der Waals surface area (Å²) >= 11 is 0. The maximum absolute atomic E-state index is 13.7. The fraction of sp³-hybridized carbons (Fsp3) is 0.333. The number of nitrogens with one attached hydrogen (secondary N) is 2. The number of imidazole rings is 1. The molecule has 14 heteroatoms. The van der Waals surface area contributed by atoms with E-state index in [0.717, 1.165) is 0 Å². The van der Waals surface area contributed by atoms with Gasteiger partial charge < -0.3 is 24.7 Å². The minimum atomic E-state index is -4.17. The highest BCUT2D eigenvalue weighted by Gasteiger charge is 2.41. The summed E-state index contributed by atoms with van der Waals surface area (Å²) in [5.41, 5.74) is 6.07. The van der Waals surface area contributed by atoms with E-state index in [9.17, 15) is 19.3 Å². The summed E-state index contributed by atoms with van der Waals surface area (Å²) in [7, 11) is -4.17. The second-order valence-electron chi connectivity index (χ2n) is 8.64. The summed E-state index contributed by atoms with van der Waals surface area (Å²) in [4.78, 5) is 35.0. The van der Waals surface area contributed by atoms with Gasteiger partial charge in [0, 0.05) is 5.92 Å². The van der Waals surface area contributed by atoms with Crippen LogP contribution in [0.1, 0.15) is 19.4 Å². The second-order valence-corrected chi connectivity index (χ2v) is 10.3. The highest BCUT2D eigenvalue weighted by molar-refractivity contribution is 7.52. The largest absolute Gasteiger partial charge is 0.459 e. The Hall–Kier alpha value is -3.95. The van der Waals surface area contributed by atoms with Crippen molar-refractivity contribution in [2.75, 3.05) is 18.9 Å². The average Bonchev–Trinajstić information content (AvgIpc) is 3.41. The molecular formula is C24H27N6O7P. The number of H-pyrrole nitrogens is 1. The number of carbonyl (C=O) groups is 1. The van der Waals surface area contributed by atoms with E-state index >= 15 is 0 Å². The summed E-state index contributed by atoms with van der Waals surface area (Å²) in [6.45, 7) is 5.02. The molecule has 2 heterocycles. The molecule has 1 fully saturated rings. The van der Waals surface area contributed by atoms with E-state index in [0.29, 0.717) is 5.57 Å². The molecule has 1 aromatic carbocycles. The number of nitrogens with two attached hydrogens (primary N) is 1. The lowest BCUT2D eigenvalue weighted by Gasteiger charge is -2.25. The summed E-state index contributed by atoms with van der Waals surface area (Å²) < 4.78 is 31.6. The van der Waals surface area contributed by atoms with E-state index in [1.807, 2.05) is 0 Å². The van der Waals surface area contributed by atoms with Crippen LogP contribution in [-0.4, -0.2) is 56.0 Å². The number of aliphatic hydroxyl groups excluding tert-OH is 1. The van der Waals surface area contributed by atoms with Gasteiger partial charge in [-0.15, -0.1) is 6.42 Å². The number of rotatable bonds is 10. The molecule has 13 nitrogen and oxygen atoms in total. The van der Waals surface area contributed by atoms with Crippen molar-refractivity contribution in [3.63, 3.8) is 0 Å². The minimum absolute atomic E-state index is 0.0757. The van der Waals surface area contributed by atoms with E-state index in [-0.39, 0.29) is 42.5 Å². The Morgan fingerprint density at radius 2 is 2.18 bits per heavy atom. The predicted molar refractivity (Wildman–Crippen MR) is 138 cm³/mol. The lowest BCUT2D eigenvalue weighted by molar-refractivity contribution is -0.143. The van der Waals surface area contributed by atoms with Gasteiger partial charge in [-0.1, -0.05) is 30.7 Å². The van der Waals surface area contributed by atoms with Crippen LogP contribution in [0.15, 0.2) is 53.6 Å². The van der Waals surface area contributed by atoms with Crippen molar-refractivity contribution in [1.29, 1.82) is 0 Å². The van der Waals surface area contributed by atoms with Crippen molar-refractivity contribution in [1.82, 2.24) is 24.6 Å². The molecule has 0 spiro atoms. The number of nitrogen functional groups attached to an aromatic ring is 1. The van der Waals surface area contributed by atoms with Crippen LogP contribution in [0.2, 0.25) is 0 Å². The van der Waals surface area contributed by atoms with Gasteiger partial charge >= 0.3 is 13.7 Å². The van der Waals surface area contributed by atoms with Gasteiger partial charge in [0.2, 0.25) is 5.95 Å². The zero-order valence-electron chi connectivity index (χ0n) is 20.4. The molecular weight excluding hydrogens is 515 g/mol. The average molecular weight is 542 g/mol. The molecule has 0 amide bonds. The van der Waals surface area contributed by atoms with Gasteiger partial charge in [0.25, 0.3) is 5.56 Å². The number of anilines is 1. The van der Waals surface area contributed by atoms with Crippen molar-refractivity contribution >= 4 is 30.8 Å². The number of aromatic amines is 1. The first-order valence-corrected chi connectivity index (χ1v) is 13.1. The molecule has 200 valence electrons. The van der Waals surface area contributed by atoms with Gasteiger partial charge in [0.15, 0.2) is 17.8 Å². The Morgan fingerprint density at radius 1 is 1.45 bits per heavy atom. The molecule has 0 radical (unpaired) electrons. The Labute approximate surface area is 217 Å². The number of esters is 1. The number of para-hydroxylation sites is 1. The monoisotopic (exact) mass is 542 g/mol. The molecule has 3 aromatic rings. The number of benzene rings is 1. The van der Waals surface area contributed by atoms with Gasteiger partial charge in [-0.25, -0.2) is 9.55 Å². The van der Waals surface area contributed by atoms with Gasteiger partial charge in [0.05, 0.1) is 25.1 Å². The van der Waals surface area contributed by atoms with Crippen LogP contribution in [0.5, 0.6) is 5.75 Å². The van der Waals surface area contributed by atoms with Crippen LogP contribution in [-0.2, 0) is 18.6 Å². The van der Waals surface area contributed by atoms with Crippen LogP contribution in [0, 0.1) is 18.3 Å². The predicted octanol–water partition coefficient (Wildman–Crippen LogP) is 1.54. The van der Waals surface area contributed by atoms with Crippen LogP contribution < -0.4 is 20.9 Å². The number of aliphatic hydroxyl groups is 1. The number of carbonyl (C=O) groups excluding carboxylic acids is 1. The number of hydrogen-bond acceptors (Lipinski definition) is 10. The molecule has 1 aliphatic rings. The van der Waals surface area contributed by atoms with Gasteiger partial charge in [0.1, 0.15) is 11.8 Å². The normalized spacial score (nSPS) is 21.5. The number of terminal acetylenes is 1. The zero-order valence-corrected chi connectivity index (χ0v) is 21.3. The highest BCUT2D eigenvalue weighted by atomic mass is 31.2. The summed E-state index contributed by atoms with van der Waals surface area (Å²) in [6, 6.07) is 6.68. The van der Waals surface area contributed by atoms with Crippen molar-refractivity contribution < 1.29 is 28.3 Å². The van der Waals surface area contributed by atoms with E-state index in [2.05, 4.69) is 32.5 Å². The Kier molecular flexibility index (Phi) is 7.99. The Bertz CT molecular complexity index is 1480. The fourth-order valence-electron chi connectivity index (χ4n) is 4.14. The molecule has 0 unspecified atom stereocenters. The number of fused-ring (bicyclic) bond motifs is 1. The first-order chi connectivity index (χ1) is 18.1. The standard InChI is InChI=1S/C24H27N6O7P/c1-4-10-35-23(33)15(3)29-38(34,37-16-8-6-5-7-9-16)36-12-17-14(2)18(11-19(17)31)30-13-26-20-21(30)27-24(25)28-22(20)32/h1,5-9,13,15,17-19,31H,2,10-12H2,3H3,(H,29,34)(H3,25,27,28,32)/t15-,17-,18-,19-,38-/m0/s1. The van der Waals surface area contributed by atoms with Gasteiger partial charge in [-0.3, -0.25) is 19.1 Å². The molecule has 4 rings (SSSR count). The maximum Gasteiger partial charge on any atom is 0.459 e. The first kappa shape index (κ1) is 27.1. The number of ether oxygens (including phenoxy) is 1. The second kappa shape index (κ2) is 11.2. The summed E-state index contributed by atoms with van der Waals surface area (Å²) in [5, 5.41) is 13.4. The Morgan fingerprint density at radius 3 is 2.89 bits per heavy atom. The molecule has 0 bridgehead atoms. The van der Waals surface area contributed by atoms with E-state index < -0.39 is 43.4 Å². The quantitative estimate of drug-likeness (QED) is 0.126. The summed E-state index contributed by atoms with van der Waals surface area (Å²) in [5.74, 6) is 0.921. The van der Waals surface area contributed by atoms with Crippen LogP contribution in [0.3, 0.4) is 0 Å². The van der Waals surface area contributed by atoms with Gasteiger partial charge in [-0.2, -0.15) is 10.1 Å². The molecule has 0 aliphatic heterocycles. The smallest absolute Gasteiger partial charge is 0.451 e. The molecule has 1 aliphatic carbocycles. The lowest BCUT2D eigenvalue weighted by Crippen LogP contribution is -2.35. The topological polar surface area (TPSA) is 184 Å². The van der Waals surface area contributed by atoms with Crippen LogP contribution in [0.25, 0.3) is 11.2 Å². The SMILES string of the molecule is C#CCOC(=O)[C@H](C)N[P@](=O)(OC[C@H]1C(=C)[C@@H](n2cnc3c(=O)[nH]c(N)nc32)C[C@@H]1O)Oc1ccccc1. The fourth-order valence-corrected chi connectivity index (χ4v) is 5.65. The van der Waals surface area contributed by atoms with Crippen molar-refractivity contribution in [2.24, 2.45) is 5.92 Å². The molecule has 1 saturated carbocycles. The molecule has 5 N–H and O–H groups in total. The van der Waals surface area contributed by atoms with Crippen LogP contribution >= 0.6 is 7.75 Å².